The van der Waals surface area contributed by atoms with E-state index in [4.69, 9.17) is 0 Å². The molecule has 6 nitrogen and oxygen atoms in total. The number of amides is 2. The minimum Gasteiger partial charge on any atom is -0.354 e. The smallest absolute Gasteiger partial charge is 0.254 e. The summed E-state index contributed by atoms with van der Waals surface area (Å²) in [6.45, 7) is 5.86. The van der Waals surface area contributed by atoms with Crippen LogP contribution in [0.15, 0.2) is 67.0 Å². The minimum atomic E-state index is -0.0148. The molecule has 1 aliphatic heterocycles. The molecule has 0 spiro atoms. The molecule has 1 aliphatic rings. The third-order valence-corrected chi connectivity index (χ3v) is 5.91. The highest BCUT2D eigenvalue weighted by Gasteiger charge is 2.28. The molecule has 2 aromatic carbocycles. The SMILES string of the molecule is CC(C)NC(=O)C1CCN(C(=O)c2ccccc2-c2ccc(Cn3cccn3)cc2)CC1. The molecule has 1 aromatic heterocycles. The van der Waals surface area contributed by atoms with E-state index in [1.165, 1.54) is 0 Å². The van der Waals surface area contributed by atoms with E-state index in [-0.39, 0.29) is 23.8 Å². The third-order valence-electron chi connectivity index (χ3n) is 5.91. The van der Waals surface area contributed by atoms with Gasteiger partial charge in [0.1, 0.15) is 0 Å². The van der Waals surface area contributed by atoms with Crippen LogP contribution in [0, 0.1) is 5.92 Å². The summed E-state index contributed by atoms with van der Waals surface area (Å²) >= 11 is 0. The summed E-state index contributed by atoms with van der Waals surface area (Å²) in [5.41, 5.74) is 3.81. The topological polar surface area (TPSA) is 67.2 Å². The molecular formula is C26H30N4O2. The van der Waals surface area contributed by atoms with Gasteiger partial charge in [0.25, 0.3) is 5.91 Å². The number of nitrogens with one attached hydrogen (secondary N) is 1. The molecule has 0 aliphatic carbocycles. The second kappa shape index (κ2) is 9.81. The molecule has 2 heterocycles. The Bertz CT molecular complexity index is 1050. The Balaban J connectivity index is 1.45. The molecule has 2 amide bonds. The first-order valence-electron chi connectivity index (χ1n) is 11.3. The van der Waals surface area contributed by atoms with Crippen molar-refractivity contribution in [1.82, 2.24) is 20.0 Å². The zero-order valence-electron chi connectivity index (χ0n) is 18.7. The number of piperidine rings is 1. The van der Waals surface area contributed by atoms with E-state index in [1.807, 2.05) is 60.0 Å². The van der Waals surface area contributed by atoms with E-state index < -0.39 is 0 Å². The van der Waals surface area contributed by atoms with Gasteiger partial charge in [-0.25, -0.2) is 0 Å². The van der Waals surface area contributed by atoms with Crippen LogP contribution in [0.3, 0.4) is 0 Å². The highest BCUT2D eigenvalue weighted by Crippen LogP contribution is 2.27. The second-order valence-corrected chi connectivity index (χ2v) is 8.68. The maximum Gasteiger partial charge on any atom is 0.254 e. The molecule has 1 saturated heterocycles. The number of hydrogen-bond acceptors (Lipinski definition) is 3. The van der Waals surface area contributed by atoms with Crippen molar-refractivity contribution in [3.63, 3.8) is 0 Å². The van der Waals surface area contributed by atoms with Crippen molar-refractivity contribution >= 4 is 11.8 Å². The van der Waals surface area contributed by atoms with Gasteiger partial charge in [0.15, 0.2) is 0 Å². The first-order valence-corrected chi connectivity index (χ1v) is 11.3. The van der Waals surface area contributed by atoms with Gasteiger partial charge in [0.05, 0.1) is 6.54 Å². The fraction of sp³-hybridized carbons (Fsp3) is 0.346. The molecule has 32 heavy (non-hydrogen) atoms. The fourth-order valence-corrected chi connectivity index (χ4v) is 4.21. The lowest BCUT2D eigenvalue weighted by Gasteiger charge is -2.32. The Morgan fingerprint density at radius 1 is 1.03 bits per heavy atom. The average molecular weight is 431 g/mol. The summed E-state index contributed by atoms with van der Waals surface area (Å²) < 4.78 is 1.89. The Labute approximate surface area is 189 Å². The van der Waals surface area contributed by atoms with Crippen LogP contribution in [0.4, 0.5) is 0 Å². The Hall–Kier alpha value is -3.41. The lowest BCUT2D eigenvalue weighted by molar-refractivity contribution is -0.126. The van der Waals surface area contributed by atoms with Gasteiger partial charge in [-0.3, -0.25) is 14.3 Å². The summed E-state index contributed by atoms with van der Waals surface area (Å²) in [5, 5.41) is 7.24. The minimum absolute atomic E-state index is 0.0148. The molecule has 6 heteroatoms. The van der Waals surface area contributed by atoms with Gasteiger partial charge in [-0.1, -0.05) is 42.5 Å². The molecule has 0 unspecified atom stereocenters. The predicted octanol–water partition coefficient (Wildman–Crippen LogP) is 3.98. The quantitative estimate of drug-likeness (QED) is 0.643. The van der Waals surface area contributed by atoms with Crippen LogP contribution in [0.25, 0.3) is 11.1 Å². The van der Waals surface area contributed by atoms with Crippen molar-refractivity contribution in [3.05, 3.63) is 78.1 Å². The van der Waals surface area contributed by atoms with E-state index in [0.717, 1.165) is 16.7 Å². The van der Waals surface area contributed by atoms with Gasteiger partial charge in [0.2, 0.25) is 5.91 Å². The summed E-state index contributed by atoms with van der Waals surface area (Å²) in [5.74, 6) is 0.116. The molecule has 0 atom stereocenters. The number of hydrogen-bond donors (Lipinski definition) is 1. The normalized spacial score (nSPS) is 14.5. The standard InChI is InChI=1S/C26H30N4O2/c1-19(2)28-25(31)22-12-16-29(17-13-22)26(32)24-7-4-3-6-23(24)21-10-8-20(9-11-21)18-30-15-5-14-27-30/h3-11,14-15,19,22H,12-13,16-18H2,1-2H3,(H,28,31). The van der Waals surface area contributed by atoms with Crippen LogP contribution < -0.4 is 5.32 Å². The molecule has 4 rings (SSSR count). The lowest BCUT2D eigenvalue weighted by atomic mass is 9.93. The summed E-state index contributed by atoms with van der Waals surface area (Å²) in [4.78, 5) is 27.5. The van der Waals surface area contributed by atoms with Gasteiger partial charge in [-0.05, 0) is 55.5 Å². The molecule has 1 fully saturated rings. The third kappa shape index (κ3) is 5.07. The number of benzene rings is 2. The molecule has 166 valence electrons. The lowest BCUT2D eigenvalue weighted by Crippen LogP contribution is -2.44. The van der Waals surface area contributed by atoms with Crippen LogP contribution in [0.5, 0.6) is 0 Å². The molecule has 0 bridgehead atoms. The Kier molecular flexibility index (Phi) is 6.69. The number of likely N-dealkylation sites (tertiary alicyclic amines) is 1. The van der Waals surface area contributed by atoms with Crippen molar-refractivity contribution in [2.24, 2.45) is 5.92 Å². The number of carbonyl (C=O) groups excluding carboxylic acids is 2. The van der Waals surface area contributed by atoms with Crippen LogP contribution in [0.1, 0.15) is 42.6 Å². The summed E-state index contributed by atoms with van der Waals surface area (Å²) in [7, 11) is 0. The highest BCUT2D eigenvalue weighted by atomic mass is 16.2. The molecule has 1 N–H and O–H groups in total. The van der Waals surface area contributed by atoms with E-state index >= 15 is 0 Å². The number of rotatable bonds is 6. The van der Waals surface area contributed by atoms with Crippen LogP contribution in [-0.4, -0.2) is 45.6 Å². The van der Waals surface area contributed by atoms with Crippen molar-refractivity contribution < 1.29 is 9.59 Å². The fourth-order valence-electron chi connectivity index (χ4n) is 4.21. The molecular weight excluding hydrogens is 400 g/mol. The van der Waals surface area contributed by atoms with Gasteiger partial charge in [-0.2, -0.15) is 5.10 Å². The maximum atomic E-state index is 13.3. The van der Waals surface area contributed by atoms with Crippen molar-refractivity contribution in [2.75, 3.05) is 13.1 Å². The first kappa shape index (κ1) is 21.8. The zero-order chi connectivity index (χ0) is 22.5. The number of nitrogens with zero attached hydrogens (tertiary/aromatic N) is 3. The monoisotopic (exact) mass is 430 g/mol. The van der Waals surface area contributed by atoms with E-state index in [2.05, 4.69) is 34.7 Å². The highest BCUT2D eigenvalue weighted by molar-refractivity contribution is 6.01. The molecule has 0 radical (unpaired) electrons. The van der Waals surface area contributed by atoms with Gasteiger partial charge in [0, 0.05) is 43.0 Å². The van der Waals surface area contributed by atoms with Gasteiger partial charge in [-0.15, -0.1) is 0 Å². The molecule has 3 aromatic rings. The van der Waals surface area contributed by atoms with E-state index in [1.54, 1.807) is 6.20 Å². The molecule has 0 saturated carbocycles. The Morgan fingerprint density at radius 2 is 1.75 bits per heavy atom. The van der Waals surface area contributed by atoms with Crippen molar-refractivity contribution in [1.29, 1.82) is 0 Å². The predicted molar refractivity (Wildman–Crippen MR) is 125 cm³/mol. The van der Waals surface area contributed by atoms with E-state index in [9.17, 15) is 9.59 Å². The number of carbonyl (C=O) groups is 2. The summed E-state index contributed by atoms with van der Waals surface area (Å²) in [6, 6.07) is 18.1. The van der Waals surface area contributed by atoms with E-state index in [0.29, 0.717) is 38.0 Å². The van der Waals surface area contributed by atoms with Crippen LogP contribution >= 0.6 is 0 Å². The maximum absolute atomic E-state index is 13.3. The zero-order valence-corrected chi connectivity index (χ0v) is 18.7. The second-order valence-electron chi connectivity index (χ2n) is 8.68. The first-order chi connectivity index (χ1) is 15.5. The van der Waals surface area contributed by atoms with Crippen molar-refractivity contribution in [2.45, 2.75) is 39.3 Å². The Morgan fingerprint density at radius 3 is 2.41 bits per heavy atom. The van der Waals surface area contributed by atoms with Gasteiger partial charge >= 0.3 is 0 Å². The average Bonchev–Trinajstić information content (AvgIpc) is 3.32. The number of aromatic nitrogens is 2. The van der Waals surface area contributed by atoms with Crippen LogP contribution in [-0.2, 0) is 11.3 Å². The largest absolute Gasteiger partial charge is 0.354 e. The van der Waals surface area contributed by atoms with Gasteiger partial charge < -0.3 is 10.2 Å². The van der Waals surface area contributed by atoms with Crippen molar-refractivity contribution in [3.8, 4) is 11.1 Å². The summed E-state index contributed by atoms with van der Waals surface area (Å²) in [6.07, 6.45) is 5.12. The van der Waals surface area contributed by atoms with Crippen LogP contribution in [0.2, 0.25) is 0 Å².